The maximum Gasteiger partial charge on any atom is 0.442 e. The van der Waals surface area contributed by atoms with Crippen LogP contribution in [0.25, 0.3) is 5.69 Å². The van der Waals surface area contributed by atoms with E-state index in [2.05, 4.69) is 5.27 Å². The van der Waals surface area contributed by atoms with Crippen LogP contribution in [0.15, 0.2) is 38.6 Å². The van der Waals surface area contributed by atoms with E-state index in [0.29, 0.717) is 9.35 Å². The number of nitrogens with zero attached hydrogens (tertiary/aromatic N) is 2. The van der Waals surface area contributed by atoms with Crippen LogP contribution in [0.3, 0.4) is 0 Å². The molecule has 100 valence electrons. The summed E-state index contributed by atoms with van der Waals surface area (Å²) in [6.45, 7) is 2.00. The number of benzene rings is 1. The fourth-order valence-corrected chi connectivity index (χ4v) is 2.33. The average molecular weight is 296 g/mol. The molecule has 1 aromatic carbocycles. The van der Waals surface area contributed by atoms with Crippen LogP contribution in [-0.2, 0) is 0 Å². The van der Waals surface area contributed by atoms with Gasteiger partial charge in [0.15, 0.2) is 0 Å². The highest BCUT2D eigenvalue weighted by Gasteiger charge is 2.26. The first kappa shape index (κ1) is 13.8. The summed E-state index contributed by atoms with van der Waals surface area (Å²) in [5, 5.41) is 2.99. The molecular weight excluding hydrogens is 282 g/mol. The van der Waals surface area contributed by atoms with Crippen LogP contribution in [0.1, 0.15) is 5.56 Å². The standard InChI is InChI=1S/C12H13N3O2S2/c1-8-4-6-9(7-5-8)15-10(11(16)17-13-15)19-12(18)14(2)3/h4-7H,1-3H3/p+1. The van der Waals surface area contributed by atoms with Crippen molar-refractivity contribution in [3.63, 3.8) is 0 Å². The van der Waals surface area contributed by atoms with E-state index in [1.54, 1.807) is 9.58 Å². The molecular formula is C12H14N3O2S2+. The molecule has 0 amide bonds. The molecule has 2 rings (SSSR count). The summed E-state index contributed by atoms with van der Waals surface area (Å²) in [6.07, 6.45) is 0. The second-order valence-corrected chi connectivity index (χ2v) is 5.84. The van der Waals surface area contributed by atoms with Crippen LogP contribution in [0.2, 0.25) is 0 Å². The molecule has 0 saturated heterocycles. The summed E-state index contributed by atoms with van der Waals surface area (Å²) in [5.74, 6) is 0. The van der Waals surface area contributed by atoms with Crippen molar-refractivity contribution >= 4 is 28.3 Å². The van der Waals surface area contributed by atoms with Gasteiger partial charge in [-0.3, -0.25) is 4.52 Å². The van der Waals surface area contributed by atoms with Gasteiger partial charge in [0.25, 0.3) is 0 Å². The minimum atomic E-state index is -0.435. The molecule has 0 unspecified atom stereocenters. The quantitative estimate of drug-likeness (QED) is 0.517. The number of thiocarbonyl (C=S) groups is 1. The Bertz CT molecular complexity index is 644. The van der Waals surface area contributed by atoms with Gasteiger partial charge >= 0.3 is 10.7 Å². The number of hydrogen-bond acceptors (Lipinski definition) is 4. The third-order valence-corrected chi connectivity index (χ3v) is 4.15. The lowest BCUT2D eigenvalue weighted by Crippen LogP contribution is -2.37. The van der Waals surface area contributed by atoms with Crippen LogP contribution in [0.5, 0.6) is 0 Å². The molecule has 5 nitrogen and oxygen atoms in total. The Hall–Kier alpha value is -1.60. The fourth-order valence-electron chi connectivity index (χ4n) is 1.39. The lowest BCUT2D eigenvalue weighted by Gasteiger charge is -2.09. The lowest BCUT2D eigenvalue weighted by atomic mass is 10.2. The molecule has 1 heterocycles. The zero-order valence-corrected chi connectivity index (χ0v) is 12.5. The van der Waals surface area contributed by atoms with Crippen molar-refractivity contribution in [3.8, 4) is 5.69 Å². The first-order valence-corrected chi connectivity index (χ1v) is 6.81. The van der Waals surface area contributed by atoms with E-state index in [1.807, 2.05) is 45.3 Å². The Morgan fingerprint density at radius 2 is 2.00 bits per heavy atom. The van der Waals surface area contributed by atoms with Crippen LogP contribution >= 0.6 is 24.0 Å². The number of thioether (sulfide) groups is 1. The molecule has 0 spiro atoms. The molecule has 0 aliphatic heterocycles. The van der Waals surface area contributed by atoms with Crippen LogP contribution < -0.4 is 10.3 Å². The van der Waals surface area contributed by atoms with Gasteiger partial charge in [0.2, 0.25) is 5.69 Å². The molecule has 0 aliphatic rings. The van der Waals surface area contributed by atoms with Crippen molar-refractivity contribution < 1.29 is 9.20 Å². The predicted octanol–water partition coefficient (Wildman–Crippen LogP) is 1.49. The molecule has 1 N–H and O–H groups in total. The number of aryl methyl sites for hydroxylation is 1. The van der Waals surface area contributed by atoms with E-state index in [4.69, 9.17) is 16.7 Å². The van der Waals surface area contributed by atoms with Gasteiger partial charge in [0.1, 0.15) is 4.32 Å². The Morgan fingerprint density at radius 3 is 2.58 bits per heavy atom. The maximum absolute atomic E-state index is 11.7. The predicted molar refractivity (Wildman–Crippen MR) is 77.7 cm³/mol. The summed E-state index contributed by atoms with van der Waals surface area (Å²) in [7, 11) is 3.67. The maximum atomic E-state index is 11.7. The van der Waals surface area contributed by atoms with Gasteiger partial charge in [-0.15, -0.1) is 0 Å². The fraction of sp³-hybridized carbons (Fsp3) is 0.250. The Morgan fingerprint density at radius 1 is 1.37 bits per heavy atom. The number of H-pyrrole nitrogens is 1. The molecule has 1 aromatic heterocycles. The first-order chi connectivity index (χ1) is 8.99. The van der Waals surface area contributed by atoms with Crippen molar-refractivity contribution in [2.75, 3.05) is 14.1 Å². The van der Waals surface area contributed by atoms with Crippen LogP contribution in [0.4, 0.5) is 0 Å². The van der Waals surface area contributed by atoms with Crippen molar-refractivity contribution in [3.05, 3.63) is 40.2 Å². The molecule has 0 fully saturated rings. The average Bonchev–Trinajstić information content (AvgIpc) is 2.72. The zero-order chi connectivity index (χ0) is 14.0. The van der Waals surface area contributed by atoms with Crippen molar-refractivity contribution in [2.24, 2.45) is 0 Å². The van der Waals surface area contributed by atoms with Crippen LogP contribution in [-0.4, -0.2) is 28.6 Å². The summed E-state index contributed by atoms with van der Waals surface area (Å²) in [4.78, 5) is 13.5. The lowest BCUT2D eigenvalue weighted by molar-refractivity contribution is -0.704. The Balaban J connectivity index is 2.40. The highest BCUT2D eigenvalue weighted by atomic mass is 32.2. The SMILES string of the molecule is Cc1ccc(-[n+]2[nH]oc(=O)c2SC(=S)N(C)C)cc1. The molecule has 2 aromatic rings. The number of nitrogens with one attached hydrogen (secondary N) is 1. The van der Waals surface area contributed by atoms with Crippen molar-refractivity contribution in [1.29, 1.82) is 0 Å². The molecule has 0 atom stereocenters. The van der Waals surface area contributed by atoms with Gasteiger partial charge in [-0.05, 0) is 16.9 Å². The third-order valence-electron chi connectivity index (χ3n) is 2.45. The molecule has 0 aliphatic carbocycles. The summed E-state index contributed by atoms with van der Waals surface area (Å²) >= 11 is 6.39. The largest absolute Gasteiger partial charge is 0.442 e. The summed E-state index contributed by atoms with van der Waals surface area (Å²) in [6, 6.07) is 7.74. The normalized spacial score (nSPS) is 10.5. The molecule has 7 heteroatoms. The van der Waals surface area contributed by atoms with Gasteiger partial charge in [-0.2, -0.15) is 0 Å². The van der Waals surface area contributed by atoms with Gasteiger partial charge in [0.05, 0.1) is 0 Å². The third kappa shape index (κ3) is 3.05. The van der Waals surface area contributed by atoms with Crippen LogP contribution in [0, 0.1) is 6.92 Å². The van der Waals surface area contributed by atoms with E-state index in [-0.39, 0.29) is 0 Å². The van der Waals surface area contributed by atoms with Gasteiger partial charge in [-0.25, -0.2) is 4.79 Å². The first-order valence-electron chi connectivity index (χ1n) is 5.58. The second kappa shape index (κ2) is 5.58. The van der Waals surface area contributed by atoms with E-state index in [0.717, 1.165) is 11.3 Å². The molecule has 0 bridgehead atoms. The molecule has 19 heavy (non-hydrogen) atoms. The van der Waals surface area contributed by atoms with Gasteiger partial charge < -0.3 is 4.90 Å². The monoisotopic (exact) mass is 296 g/mol. The van der Waals surface area contributed by atoms with E-state index in [1.165, 1.54) is 11.8 Å². The number of rotatable bonds is 2. The van der Waals surface area contributed by atoms with Crippen molar-refractivity contribution in [2.45, 2.75) is 11.9 Å². The smallest absolute Gasteiger partial charge is 0.363 e. The summed E-state index contributed by atoms with van der Waals surface area (Å²) in [5.41, 5.74) is 1.53. The Labute approximate surface area is 120 Å². The minimum absolute atomic E-state index is 0.405. The van der Waals surface area contributed by atoms with E-state index in [9.17, 15) is 4.79 Å². The molecule has 0 saturated carbocycles. The molecule has 0 radical (unpaired) electrons. The number of aromatic amines is 1. The number of aromatic nitrogens is 2. The van der Waals surface area contributed by atoms with Crippen molar-refractivity contribution in [1.82, 2.24) is 10.2 Å². The topological polar surface area (TPSA) is 53.1 Å². The summed E-state index contributed by atoms with van der Waals surface area (Å²) < 4.78 is 7.02. The van der Waals surface area contributed by atoms with Gasteiger partial charge in [0, 0.05) is 38.0 Å². The minimum Gasteiger partial charge on any atom is -0.363 e. The number of hydrogen-bond donors (Lipinski definition) is 1. The zero-order valence-electron chi connectivity index (χ0n) is 10.8. The van der Waals surface area contributed by atoms with E-state index >= 15 is 0 Å². The van der Waals surface area contributed by atoms with Gasteiger partial charge in [-0.1, -0.05) is 29.9 Å². The second-order valence-electron chi connectivity index (χ2n) is 4.22. The highest BCUT2D eigenvalue weighted by Crippen LogP contribution is 2.15. The Kier molecular flexibility index (Phi) is 4.06. The highest BCUT2D eigenvalue weighted by molar-refractivity contribution is 8.22. The van der Waals surface area contributed by atoms with E-state index < -0.39 is 5.63 Å².